The van der Waals surface area contributed by atoms with E-state index in [-0.39, 0.29) is 17.6 Å². The number of carbonyl (C=O) groups excluding carboxylic acids is 2. The molecule has 0 saturated heterocycles. The first kappa shape index (κ1) is 20.8. The number of allylic oxidation sites excluding steroid dienone is 2. The summed E-state index contributed by atoms with van der Waals surface area (Å²) >= 11 is 7.00. The average molecular weight is 402 g/mol. The third-order valence-corrected chi connectivity index (χ3v) is 4.58. The second-order valence-electron chi connectivity index (χ2n) is 5.36. The van der Waals surface area contributed by atoms with Crippen LogP contribution in [0.3, 0.4) is 0 Å². The first-order valence-corrected chi connectivity index (χ1v) is 9.73. The highest BCUT2D eigenvalue weighted by Crippen LogP contribution is 2.20. The molecule has 0 heterocycles. The van der Waals surface area contributed by atoms with Crippen LogP contribution in [0.15, 0.2) is 71.7 Å². The smallest absolute Gasteiger partial charge is 0.316 e. The van der Waals surface area contributed by atoms with Gasteiger partial charge in [-0.3, -0.25) is 9.59 Å². The minimum absolute atomic E-state index is 0.0624. The second-order valence-corrected chi connectivity index (χ2v) is 6.81. The van der Waals surface area contributed by atoms with Crippen LogP contribution in [0.2, 0.25) is 5.02 Å². The second kappa shape index (κ2) is 11.3. The molecule has 0 aromatic heterocycles. The van der Waals surface area contributed by atoms with Crippen molar-refractivity contribution < 1.29 is 14.3 Å². The summed E-state index contributed by atoms with van der Waals surface area (Å²) in [6, 6.07) is 16.6. The molecule has 0 saturated carbocycles. The normalized spacial score (nSPS) is 11.4. The minimum Gasteiger partial charge on any atom is -0.465 e. The maximum atomic E-state index is 12.6. The van der Waals surface area contributed by atoms with Crippen LogP contribution in [0.5, 0.6) is 0 Å². The van der Waals surface area contributed by atoms with Gasteiger partial charge in [0.1, 0.15) is 0 Å². The van der Waals surface area contributed by atoms with Gasteiger partial charge < -0.3 is 10.1 Å². The van der Waals surface area contributed by atoms with Gasteiger partial charge in [-0.05, 0) is 42.8 Å². The third-order valence-electron chi connectivity index (χ3n) is 3.31. The first-order chi connectivity index (χ1) is 13.1. The predicted molar refractivity (Wildman–Crippen MR) is 113 cm³/mol. The van der Waals surface area contributed by atoms with Gasteiger partial charge in [-0.15, -0.1) is 11.8 Å². The van der Waals surface area contributed by atoms with Crippen molar-refractivity contribution in [3.05, 3.63) is 82.2 Å². The molecule has 0 atom stereocenters. The molecular weight excluding hydrogens is 382 g/mol. The number of carbonyl (C=O) groups is 2. The molecule has 27 heavy (non-hydrogen) atoms. The van der Waals surface area contributed by atoms with E-state index in [0.29, 0.717) is 22.2 Å². The summed E-state index contributed by atoms with van der Waals surface area (Å²) in [4.78, 5) is 24.6. The van der Waals surface area contributed by atoms with Crippen LogP contribution in [0.1, 0.15) is 12.5 Å². The molecule has 1 amide bonds. The summed E-state index contributed by atoms with van der Waals surface area (Å²) in [6.07, 6.45) is 5.35. The Morgan fingerprint density at radius 3 is 2.48 bits per heavy atom. The zero-order valence-corrected chi connectivity index (χ0v) is 16.4. The van der Waals surface area contributed by atoms with E-state index in [4.69, 9.17) is 16.3 Å². The highest BCUT2D eigenvalue weighted by molar-refractivity contribution is 8.04. The molecule has 0 radical (unpaired) electrons. The number of rotatable bonds is 8. The summed E-state index contributed by atoms with van der Waals surface area (Å²) in [5, 5.41) is 3.39. The lowest BCUT2D eigenvalue weighted by Crippen LogP contribution is -2.15. The van der Waals surface area contributed by atoms with E-state index >= 15 is 0 Å². The molecule has 0 fully saturated rings. The molecule has 0 bridgehead atoms. The van der Waals surface area contributed by atoms with Gasteiger partial charge in [-0.1, -0.05) is 54.1 Å². The molecule has 0 aliphatic heterocycles. The zero-order chi connectivity index (χ0) is 19.5. The van der Waals surface area contributed by atoms with Crippen molar-refractivity contribution in [3.8, 4) is 0 Å². The van der Waals surface area contributed by atoms with Crippen molar-refractivity contribution in [2.45, 2.75) is 6.92 Å². The Bertz CT molecular complexity index is 817. The Morgan fingerprint density at radius 2 is 1.81 bits per heavy atom. The molecule has 140 valence electrons. The molecule has 2 aromatic rings. The number of hydrogen-bond donors (Lipinski definition) is 1. The fraction of sp³-hybridized carbons (Fsp3) is 0.143. The van der Waals surface area contributed by atoms with E-state index in [1.807, 2.05) is 36.4 Å². The fourth-order valence-electron chi connectivity index (χ4n) is 2.07. The van der Waals surface area contributed by atoms with Gasteiger partial charge in [0.15, 0.2) is 0 Å². The Labute approximate surface area is 168 Å². The van der Waals surface area contributed by atoms with E-state index < -0.39 is 0 Å². The summed E-state index contributed by atoms with van der Waals surface area (Å²) < 4.78 is 4.93. The maximum absolute atomic E-state index is 12.6. The van der Waals surface area contributed by atoms with Gasteiger partial charge >= 0.3 is 5.97 Å². The summed E-state index contributed by atoms with van der Waals surface area (Å²) in [6.45, 7) is 2.05. The van der Waals surface area contributed by atoms with E-state index in [0.717, 1.165) is 17.3 Å². The van der Waals surface area contributed by atoms with Gasteiger partial charge in [-0.25, -0.2) is 0 Å². The van der Waals surface area contributed by atoms with E-state index in [2.05, 4.69) is 5.32 Å². The Morgan fingerprint density at radius 1 is 1.11 bits per heavy atom. The van der Waals surface area contributed by atoms with Crippen molar-refractivity contribution in [1.82, 2.24) is 0 Å². The van der Waals surface area contributed by atoms with E-state index in [9.17, 15) is 9.59 Å². The molecule has 2 rings (SSSR count). The summed E-state index contributed by atoms with van der Waals surface area (Å²) in [7, 11) is 0. The third kappa shape index (κ3) is 7.72. The van der Waals surface area contributed by atoms with Gasteiger partial charge in [0.2, 0.25) is 0 Å². The van der Waals surface area contributed by atoms with Crippen LogP contribution in [0.4, 0.5) is 5.69 Å². The number of benzene rings is 2. The van der Waals surface area contributed by atoms with Gasteiger partial charge in [0.05, 0.1) is 17.3 Å². The summed E-state index contributed by atoms with van der Waals surface area (Å²) in [5.41, 5.74) is 1.64. The standard InChI is InChI=1S/C21H20ClNO3S/c1-2-26-20(24)15-27-19(10-6-9-16-7-4-3-5-8-16)21(25)23-18-13-11-17(22)12-14-18/h3-14H,2,15H2,1H3,(H,23,25). The van der Waals surface area contributed by atoms with Crippen molar-refractivity contribution in [3.63, 3.8) is 0 Å². The Balaban J connectivity index is 2.10. The lowest BCUT2D eigenvalue weighted by atomic mass is 10.2. The van der Waals surface area contributed by atoms with Crippen molar-refractivity contribution >= 4 is 47.0 Å². The number of amides is 1. The number of anilines is 1. The predicted octanol–water partition coefficient (Wildman–Crippen LogP) is 5.17. The van der Waals surface area contributed by atoms with Crippen LogP contribution in [0, 0.1) is 0 Å². The van der Waals surface area contributed by atoms with Crippen molar-refractivity contribution in [2.24, 2.45) is 0 Å². The molecule has 0 spiro atoms. The molecule has 1 N–H and O–H groups in total. The SMILES string of the molecule is CCOC(=O)CSC(=CC=Cc1ccccc1)C(=O)Nc1ccc(Cl)cc1. The molecule has 0 unspecified atom stereocenters. The van der Waals surface area contributed by atoms with Crippen LogP contribution >= 0.6 is 23.4 Å². The van der Waals surface area contributed by atoms with Gasteiger partial charge in [-0.2, -0.15) is 0 Å². The first-order valence-electron chi connectivity index (χ1n) is 8.37. The number of halogens is 1. The van der Waals surface area contributed by atoms with Crippen molar-refractivity contribution in [2.75, 3.05) is 17.7 Å². The van der Waals surface area contributed by atoms with E-state index in [1.165, 1.54) is 0 Å². The average Bonchev–Trinajstić information content (AvgIpc) is 2.67. The minimum atomic E-state index is -0.361. The Kier molecular flexibility index (Phi) is 8.68. The Hall–Kier alpha value is -2.50. The molecular formula is C21H20ClNO3S. The highest BCUT2D eigenvalue weighted by Gasteiger charge is 2.13. The number of esters is 1. The monoisotopic (exact) mass is 401 g/mol. The maximum Gasteiger partial charge on any atom is 0.316 e. The molecule has 2 aromatic carbocycles. The van der Waals surface area contributed by atoms with Gasteiger partial charge in [0.25, 0.3) is 5.91 Å². The summed E-state index contributed by atoms with van der Waals surface area (Å²) in [5.74, 6) is -0.601. The number of ether oxygens (including phenoxy) is 1. The van der Waals surface area contributed by atoms with E-state index in [1.54, 1.807) is 43.3 Å². The van der Waals surface area contributed by atoms with Gasteiger partial charge in [0, 0.05) is 10.7 Å². The lowest BCUT2D eigenvalue weighted by Gasteiger charge is -2.08. The quantitative estimate of drug-likeness (QED) is 0.376. The van der Waals surface area contributed by atoms with Crippen LogP contribution in [-0.4, -0.2) is 24.2 Å². The topological polar surface area (TPSA) is 55.4 Å². The molecule has 6 heteroatoms. The fourth-order valence-corrected chi connectivity index (χ4v) is 2.90. The van der Waals surface area contributed by atoms with Crippen LogP contribution in [-0.2, 0) is 14.3 Å². The lowest BCUT2D eigenvalue weighted by molar-refractivity contribution is -0.139. The van der Waals surface area contributed by atoms with Crippen molar-refractivity contribution in [1.29, 1.82) is 0 Å². The molecule has 0 aliphatic rings. The van der Waals surface area contributed by atoms with Crippen LogP contribution in [0.25, 0.3) is 6.08 Å². The molecule has 0 aliphatic carbocycles. The zero-order valence-electron chi connectivity index (χ0n) is 14.9. The van der Waals surface area contributed by atoms with Crippen LogP contribution < -0.4 is 5.32 Å². The number of thioether (sulfide) groups is 1. The molecule has 4 nitrogen and oxygen atoms in total. The number of hydrogen-bond acceptors (Lipinski definition) is 4. The highest BCUT2D eigenvalue weighted by atomic mass is 35.5. The largest absolute Gasteiger partial charge is 0.465 e. The number of nitrogens with one attached hydrogen (secondary N) is 1.